The molecule has 0 saturated heterocycles. The summed E-state index contributed by atoms with van der Waals surface area (Å²) in [6, 6.07) is 3.42. The first-order valence-corrected chi connectivity index (χ1v) is 5.30. The van der Waals surface area contributed by atoms with E-state index in [-0.39, 0.29) is 5.78 Å². The van der Waals surface area contributed by atoms with Crippen LogP contribution < -0.4 is 5.73 Å². The number of hydrogen-bond donors (Lipinski definition) is 1. The van der Waals surface area contributed by atoms with Crippen molar-refractivity contribution in [1.29, 1.82) is 0 Å². The maximum absolute atomic E-state index is 11.8. The average molecular weight is 256 g/mol. The highest BCUT2D eigenvalue weighted by molar-refractivity contribution is 9.10. The second-order valence-electron chi connectivity index (χ2n) is 3.52. The van der Waals surface area contributed by atoms with Crippen molar-refractivity contribution >= 4 is 21.7 Å². The first-order valence-electron chi connectivity index (χ1n) is 4.50. The first kappa shape index (κ1) is 11.4. The lowest BCUT2D eigenvalue weighted by atomic mass is 9.97. The lowest BCUT2D eigenvalue weighted by Crippen LogP contribution is -2.27. The molecule has 0 bridgehead atoms. The molecule has 0 saturated carbocycles. The van der Waals surface area contributed by atoms with Crippen LogP contribution >= 0.6 is 15.9 Å². The molecule has 0 aliphatic heterocycles. The maximum Gasteiger partial charge on any atom is 0.180 e. The van der Waals surface area contributed by atoms with Crippen LogP contribution in [0.15, 0.2) is 16.6 Å². The second-order valence-corrected chi connectivity index (χ2v) is 4.37. The Hall–Kier alpha value is -0.670. The summed E-state index contributed by atoms with van der Waals surface area (Å²) in [5.74, 6) is -0.0157. The Bertz CT molecular complexity index is 372. The predicted molar refractivity (Wildman–Crippen MR) is 61.6 cm³/mol. The van der Waals surface area contributed by atoms with Gasteiger partial charge >= 0.3 is 0 Å². The molecule has 1 unspecified atom stereocenters. The van der Waals surface area contributed by atoms with E-state index in [9.17, 15) is 4.79 Å². The number of hydrogen-bond acceptors (Lipinski definition) is 2. The van der Waals surface area contributed by atoms with Gasteiger partial charge < -0.3 is 5.73 Å². The lowest BCUT2D eigenvalue weighted by molar-refractivity contribution is 0.0966. The fraction of sp³-hybridized carbons (Fsp3) is 0.364. The smallest absolute Gasteiger partial charge is 0.180 e. The first-order chi connectivity index (χ1) is 6.45. The molecule has 0 aliphatic rings. The Morgan fingerprint density at radius 2 is 2.00 bits per heavy atom. The molecule has 76 valence electrons. The van der Waals surface area contributed by atoms with Crippen molar-refractivity contribution < 1.29 is 4.79 Å². The SMILES string of the molecule is Cc1ccc(Br)c(C(=O)C(C)N)c1C. The lowest BCUT2D eigenvalue weighted by Gasteiger charge is -2.12. The van der Waals surface area contributed by atoms with Crippen molar-refractivity contribution in [3.05, 3.63) is 33.3 Å². The van der Waals surface area contributed by atoms with E-state index in [1.165, 1.54) is 0 Å². The van der Waals surface area contributed by atoms with Crippen molar-refractivity contribution in [2.45, 2.75) is 26.8 Å². The molecule has 1 aromatic rings. The second kappa shape index (κ2) is 4.24. The van der Waals surface area contributed by atoms with Crippen LogP contribution in [0.2, 0.25) is 0 Å². The van der Waals surface area contributed by atoms with Gasteiger partial charge in [-0.25, -0.2) is 0 Å². The molecule has 2 nitrogen and oxygen atoms in total. The zero-order valence-electron chi connectivity index (χ0n) is 8.60. The van der Waals surface area contributed by atoms with Gasteiger partial charge in [0.2, 0.25) is 0 Å². The van der Waals surface area contributed by atoms with Gasteiger partial charge in [-0.05, 0) is 38.0 Å². The number of ketones is 1. The maximum atomic E-state index is 11.8. The largest absolute Gasteiger partial charge is 0.321 e. The van der Waals surface area contributed by atoms with E-state index in [4.69, 9.17) is 5.73 Å². The van der Waals surface area contributed by atoms with E-state index in [0.717, 1.165) is 15.6 Å². The molecule has 0 fully saturated rings. The molecule has 0 amide bonds. The Morgan fingerprint density at radius 3 is 2.50 bits per heavy atom. The zero-order valence-corrected chi connectivity index (χ0v) is 10.2. The quantitative estimate of drug-likeness (QED) is 0.826. The van der Waals surface area contributed by atoms with Crippen molar-refractivity contribution in [1.82, 2.24) is 0 Å². The van der Waals surface area contributed by atoms with E-state index in [1.807, 2.05) is 26.0 Å². The Kier molecular flexibility index (Phi) is 3.45. The van der Waals surface area contributed by atoms with Crippen LogP contribution in [0.25, 0.3) is 0 Å². The van der Waals surface area contributed by atoms with Crippen molar-refractivity contribution in [2.75, 3.05) is 0 Å². The van der Waals surface area contributed by atoms with E-state index in [2.05, 4.69) is 15.9 Å². The van der Waals surface area contributed by atoms with Crippen LogP contribution in [0, 0.1) is 13.8 Å². The fourth-order valence-electron chi connectivity index (χ4n) is 1.31. The molecule has 2 N–H and O–H groups in total. The van der Waals surface area contributed by atoms with E-state index in [1.54, 1.807) is 6.92 Å². The van der Waals surface area contributed by atoms with Gasteiger partial charge in [0, 0.05) is 10.0 Å². The van der Waals surface area contributed by atoms with Gasteiger partial charge in [0.05, 0.1) is 6.04 Å². The Balaban J connectivity index is 3.33. The van der Waals surface area contributed by atoms with E-state index < -0.39 is 6.04 Å². The highest BCUT2D eigenvalue weighted by atomic mass is 79.9. The predicted octanol–water partition coefficient (Wildman–Crippen LogP) is 2.60. The molecular weight excluding hydrogens is 242 g/mol. The normalized spacial score (nSPS) is 12.6. The van der Waals surface area contributed by atoms with Crippen LogP contribution in [0.3, 0.4) is 0 Å². The van der Waals surface area contributed by atoms with Crippen LogP contribution in [0.5, 0.6) is 0 Å². The van der Waals surface area contributed by atoms with Crippen LogP contribution in [0.4, 0.5) is 0 Å². The molecule has 3 heteroatoms. The summed E-state index contributed by atoms with van der Waals surface area (Å²) in [6.07, 6.45) is 0. The van der Waals surface area contributed by atoms with Gasteiger partial charge in [-0.1, -0.05) is 22.0 Å². The van der Waals surface area contributed by atoms with E-state index in [0.29, 0.717) is 5.56 Å². The Morgan fingerprint density at radius 1 is 1.43 bits per heavy atom. The monoisotopic (exact) mass is 255 g/mol. The van der Waals surface area contributed by atoms with Gasteiger partial charge in [0.1, 0.15) is 0 Å². The van der Waals surface area contributed by atoms with Crippen molar-refractivity contribution in [3.8, 4) is 0 Å². The highest BCUT2D eigenvalue weighted by Gasteiger charge is 2.17. The topological polar surface area (TPSA) is 43.1 Å². The number of rotatable bonds is 2. The van der Waals surface area contributed by atoms with Crippen LogP contribution in [-0.2, 0) is 0 Å². The third-order valence-electron chi connectivity index (χ3n) is 2.34. The van der Waals surface area contributed by atoms with E-state index >= 15 is 0 Å². The van der Waals surface area contributed by atoms with Crippen molar-refractivity contribution in [2.24, 2.45) is 5.73 Å². The average Bonchev–Trinajstić information content (AvgIpc) is 2.12. The molecule has 0 radical (unpaired) electrons. The third kappa shape index (κ3) is 2.04. The summed E-state index contributed by atoms with van der Waals surface area (Å²) in [5, 5.41) is 0. The molecule has 0 aromatic heterocycles. The van der Waals surface area contributed by atoms with Gasteiger partial charge in [-0.15, -0.1) is 0 Å². The number of carbonyl (C=O) groups excluding carboxylic acids is 1. The highest BCUT2D eigenvalue weighted by Crippen LogP contribution is 2.24. The molecule has 0 heterocycles. The van der Waals surface area contributed by atoms with Gasteiger partial charge in [-0.2, -0.15) is 0 Å². The molecule has 1 rings (SSSR count). The number of aryl methyl sites for hydroxylation is 1. The molecule has 1 aromatic carbocycles. The van der Waals surface area contributed by atoms with Crippen molar-refractivity contribution in [3.63, 3.8) is 0 Å². The summed E-state index contributed by atoms with van der Waals surface area (Å²) >= 11 is 3.37. The number of Topliss-reactive ketones (excluding diaryl/α,β-unsaturated/α-hetero) is 1. The standard InChI is InChI=1S/C11H14BrNO/c1-6-4-5-9(12)10(7(6)2)11(14)8(3)13/h4-5,8H,13H2,1-3H3. The summed E-state index contributed by atoms with van der Waals surface area (Å²) < 4.78 is 0.822. The van der Waals surface area contributed by atoms with Gasteiger partial charge in [-0.3, -0.25) is 4.79 Å². The number of carbonyl (C=O) groups is 1. The zero-order chi connectivity index (χ0) is 10.9. The number of nitrogens with two attached hydrogens (primary N) is 1. The summed E-state index contributed by atoms with van der Waals surface area (Å²) in [7, 11) is 0. The molecule has 1 atom stereocenters. The fourth-order valence-corrected chi connectivity index (χ4v) is 1.94. The molecule has 0 aliphatic carbocycles. The molecule has 14 heavy (non-hydrogen) atoms. The molecular formula is C11H14BrNO. The minimum atomic E-state index is -0.452. The minimum absolute atomic E-state index is 0.0157. The third-order valence-corrected chi connectivity index (χ3v) is 3.01. The Labute approximate surface area is 92.6 Å². The summed E-state index contributed by atoms with van der Waals surface area (Å²) in [4.78, 5) is 11.8. The number of benzene rings is 1. The summed E-state index contributed by atoms with van der Waals surface area (Å²) in [6.45, 7) is 5.63. The van der Waals surface area contributed by atoms with Gasteiger partial charge in [0.25, 0.3) is 0 Å². The number of halogens is 1. The van der Waals surface area contributed by atoms with Gasteiger partial charge in [0.15, 0.2) is 5.78 Å². The van der Waals surface area contributed by atoms with Crippen LogP contribution in [0.1, 0.15) is 28.4 Å². The summed E-state index contributed by atoms with van der Waals surface area (Å²) in [5.41, 5.74) is 8.40. The molecule has 0 spiro atoms. The van der Waals surface area contributed by atoms with Crippen LogP contribution in [-0.4, -0.2) is 11.8 Å². The minimum Gasteiger partial charge on any atom is -0.321 e.